The number of likely N-dealkylation sites (tertiary alicyclic amines) is 1. The van der Waals surface area contributed by atoms with Crippen molar-refractivity contribution < 1.29 is 0 Å². The maximum atomic E-state index is 4.30. The first kappa shape index (κ1) is 15.8. The molecule has 2 rings (SSSR count). The van der Waals surface area contributed by atoms with E-state index in [0.717, 1.165) is 31.4 Å². The summed E-state index contributed by atoms with van der Waals surface area (Å²) in [7, 11) is 4.05. The third-order valence-electron chi connectivity index (χ3n) is 4.05. The number of aliphatic imine (C=N–C) groups is 1. The van der Waals surface area contributed by atoms with Crippen LogP contribution in [0.1, 0.15) is 18.4 Å². The second kappa shape index (κ2) is 8.67. The van der Waals surface area contributed by atoms with Crippen molar-refractivity contribution in [3.05, 3.63) is 35.9 Å². The zero-order valence-electron chi connectivity index (χ0n) is 13.3. The molecule has 1 aliphatic heterocycles. The largest absolute Gasteiger partial charge is 0.356 e. The molecule has 0 spiro atoms. The predicted octanol–water partition coefficient (Wildman–Crippen LogP) is 1.74. The van der Waals surface area contributed by atoms with Crippen LogP contribution in [0, 0.1) is 5.92 Å². The third-order valence-corrected chi connectivity index (χ3v) is 4.05. The Morgan fingerprint density at radius 2 is 2.10 bits per heavy atom. The van der Waals surface area contributed by atoms with Gasteiger partial charge in [0.15, 0.2) is 5.96 Å². The molecule has 4 heteroatoms. The van der Waals surface area contributed by atoms with Gasteiger partial charge in [0, 0.05) is 26.7 Å². The standard InChI is InChI=1S/C17H28N4/c1-18-17(19-11-10-15-7-4-3-5-8-15)20-13-16-9-6-12-21(2)14-16/h3-5,7-8,16H,6,9-14H2,1-2H3,(H2,18,19,20). The van der Waals surface area contributed by atoms with Crippen LogP contribution in [0.3, 0.4) is 0 Å². The Morgan fingerprint density at radius 3 is 2.81 bits per heavy atom. The number of rotatable bonds is 5. The lowest BCUT2D eigenvalue weighted by Crippen LogP contribution is -2.44. The van der Waals surface area contributed by atoms with Crippen LogP contribution in [-0.4, -0.2) is 51.1 Å². The zero-order valence-corrected chi connectivity index (χ0v) is 13.3. The fourth-order valence-corrected chi connectivity index (χ4v) is 2.87. The number of hydrogen-bond donors (Lipinski definition) is 2. The second-order valence-corrected chi connectivity index (χ2v) is 5.89. The third kappa shape index (κ3) is 5.76. The first-order chi connectivity index (χ1) is 10.3. The quantitative estimate of drug-likeness (QED) is 0.640. The van der Waals surface area contributed by atoms with Gasteiger partial charge in [-0.2, -0.15) is 0 Å². The first-order valence-electron chi connectivity index (χ1n) is 7.95. The lowest BCUT2D eigenvalue weighted by molar-refractivity contribution is 0.210. The summed E-state index contributed by atoms with van der Waals surface area (Å²) in [6.07, 6.45) is 3.65. The predicted molar refractivity (Wildman–Crippen MR) is 89.7 cm³/mol. The molecule has 0 aromatic heterocycles. The number of nitrogens with one attached hydrogen (secondary N) is 2. The molecule has 2 N–H and O–H groups in total. The SMILES string of the molecule is CN=C(NCCc1ccccc1)NCC1CCCN(C)C1. The molecule has 0 amide bonds. The normalized spacial score (nSPS) is 20.3. The molecule has 116 valence electrons. The molecular formula is C17H28N4. The lowest BCUT2D eigenvalue weighted by atomic mass is 9.99. The van der Waals surface area contributed by atoms with Crippen LogP contribution in [0.15, 0.2) is 35.3 Å². The highest BCUT2D eigenvalue weighted by atomic mass is 15.2. The van der Waals surface area contributed by atoms with Gasteiger partial charge in [-0.1, -0.05) is 30.3 Å². The van der Waals surface area contributed by atoms with Crippen LogP contribution in [0.4, 0.5) is 0 Å². The molecule has 1 aromatic rings. The maximum Gasteiger partial charge on any atom is 0.190 e. The molecular weight excluding hydrogens is 260 g/mol. The first-order valence-corrected chi connectivity index (χ1v) is 7.95. The lowest BCUT2D eigenvalue weighted by Gasteiger charge is -2.30. The van der Waals surface area contributed by atoms with E-state index in [4.69, 9.17) is 0 Å². The number of piperidine rings is 1. The number of benzene rings is 1. The highest BCUT2D eigenvalue weighted by Crippen LogP contribution is 2.13. The molecule has 21 heavy (non-hydrogen) atoms. The summed E-state index contributed by atoms with van der Waals surface area (Å²) in [5.41, 5.74) is 1.36. The number of nitrogens with zero attached hydrogens (tertiary/aromatic N) is 2. The maximum absolute atomic E-state index is 4.30. The van der Waals surface area contributed by atoms with Gasteiger partial charge in [0.1, 0.15) is 0 Å². The molecule has 0 radical (unpaired) electrons. The molecule has 1 atom stereocenters. The van der Waals surface area contributed by atoms with E-state index in [2.05, 4.69) is 57.9 Å². The van der Waals surface area contributed by atoms with Crippen LogP contribution in [0.2, 0.25) is 0 Å². The minimum atomic E-state index is 0.733. The Bertz CT molecular complexity index is 430. The molecule has 1 heterocycles. The highest BCUT2D eigenvalue weighted by Gasteiger charge is 2.17. The van der Waals surface area contributed by atoms with Gasteiger partial charge in [-0.3, -0.25) is 4.99 Å². The van der Waals surface area contributed by atoms with Crippen molar-refractivity contribution in [3.8, 4) is 0 Å². The molecule has 0 bridgehead atoms. The fraction of sp³-hybridized carbons (Fsp3) is 0.588. The Balaban J connectivity index is 1.66. The van der Waals surface area contributed by atoms with E-state index in [9.17, 15) is 0 Å². The van der Waals surface area contributed by atoms with Gasteiger partial charge < -0.3 is 15.5 Å². The molecule has 1 fully saturated rings. The van der Waals surface area contributed by atoms with Crippen molar-refractivity contribution >= 4 is 5.96 Å². The molecule has 4 nitrogen and oxygen atoms in total. The summed E-state index contributed by atoms with van der Waals surface area (Å²) in [6.45, 7) is 4.35. The summed E-state index contributed by atoms with van der Waals surface area (Å²) >= 11 is 0. The van der Waals surface area contributed by atoms with Gasteiger partial charge in [-0.25, -0.2) is 0 Å². The zero-order chi connectivity index (χ0) is 14.9. The summed E-state index contributed by atoms with van der Waals surface area (Å²) in [4.78, 5) is 6.72. The highest BCUT2D eigenvalue weighted by molar-refractivity contribution is 5.79. The van der Waals surface area contributed by atoms with Gasteiger partial charge in [0.05, 0.1) is 0 Å². The molecule has 0 aliphatic carbocycles. The van der Waals surface area contributed by atoms with Gasteiger partial charge in [0.25, 0.3) is 0 Å². The van der Waals surface area contributed by atoms with Crippen molar-refractivity contribution in [2.75, 3.05) is 40.3 Å². The van der Waals surface area contributed by atoms with E-state index in [-0.39, 0.29) is 0 Å². The minimum Gasteiger partial charge on any atom is -0.356 e. The van der Waals surface area contributed by atoms with Crippen molar-refractivity contribution in [1.82, 2.24) is 15.5 Å². The summed E-state index contributed by atoms with van der Waals surface area (Å²) < 4.78 is 0. The molecule has 0 saturated carbocycles. The Labute approximate surface area is 128 Å². The van der Waals surface area contributed by atoms with E-state index >= 15 is 0 Å². The molecule has 1 aromatic carbocycles. The summed E-state index contributed by atoms with van der Waals surface area (Å²) in [6, 6.07) is 10.5. The van der Waals surface area contributed by atoms with E-state index < -0.39 is 0 Å². The molecule has 1 saturated heterocycles. The summed E-state index contributed by atoms with van der Waals surface area (Å²) in [5.74, 6) is 1.65. The van der Waals surface area contributed by atoms with Crippen molar-refractivity contribution in [1.29, 1.82) is 0 Å². The minimum absolute atomic E-state index is 0.733. The summed E-state index contributed by atoms with van der Waals surface area (Å²) in [5, 5.41) is 6.85. The number of hydrogen-bond acceptors (Lipinski definition) is 2. The average Bonchev–Trinajstić information content (AvgIpc) is 2.52. The van der Waals surface area contributed by atoms with Gasteiger partial charge >= 0.3 is 0 Å². The van der Waals surface area contributed by atoms with Crippen molar-refractivity contribution in [2.24, 2.45) is 10.9 Å². The van der Waals surface area contributed by atoms with E-state index in [1.807, 2.05) is 7.05 Å². The average molecular weight is 288 g/mol. The Morgan fingerprint density at radius 1 is 1.29 bits per heavy atom. The molecule has 1 unspecified atom stereocenters. The van der Waals surface area contributed by atoms with Crippen LogP contribution < -0.4 is 10.6 Å². The van der Waals surface area contributed by atoms with Crippen molar-refractivity contribution in [3.63, 3.8) is 0 Å². The second-order valence-electron chi connectivity index (χ2n) is 5.89. The van der Waals surface area contributed by atoms with Crippen LogP contribution in [0.25, 0.3) is 0 Å². The van der Waals surface area contributed by atoms with E-state index in [1.165, 1.54) is 31.5 Å². The van der Waals surface area contributed by atoms with Crippen LogP contribution in [-0.2, 0) is 6.42 Å². The van der Waals surface area contributed by atoms with Gasteiger partial charge in [-0.05, 0) is 44.3 Å². The smallest absolute Gasteiger partial charge is 0.190 e. The van der Waals surface area contributed by atoms with Gasteiger partial charge in [0.2, 0.25) is 0 Å². The topological polar surface area (TPSA) is 39.7 Å². The van der Waals surface area contributed by atoms with E-state index in [1.54, 1.807) is 0 Å². The molecule has 1 aliphatic rings. The Kier molecular flexibility index (Phi) is 6.54. The fourth-order valence-electron chi connectivity index (χ4n) is 2.87. The van der Waals surface area contributed by atoms with Gasteiger partial charge in [-0.15, -0.1) is 0 Å². The van der Waals surface area contributed by atoms with Crippen LogP contribution in [0.5, 0.6) is 0 Å². The van der Waals surface area contributed by atoms with Crippen LogP contribution >= 0.6 is 0 Å². The Hall–Kier alpha value is -1.55. The number of guanidine groups is 1. The van der Waals surface area contributed by atoms with E-state index in [0.29, 0.717) is 0 Å². The monoisotopic (exact) mass is 288 g/mol. The van der Waals surface area contributed by atoms with Crippen molar-refractivity contribution in [2.45, 2.75) is 19.3 Å².